The van der Waals surface area contributed by atoms with Gasteiger partial charge in [-0.3, -0.25) is 19.8 Å². The Labute approximate surface area is 138 Å². The number of nitrogens with one attached hydrogen (secondary N) is 1. The Bertz CT molecular complexity index is 673. The SMILES string of the molecule is Cc1ccc(OCC(=O)NN2C(=O)[C@H]3[C@H](C2=O)[C@H]2CC[C@H]3O2)cc1. The first kappa shape index (κ1) is 15.1. The van der Waals surface area contributed by atoms with Crippen LogP contribution in [0.5, 0.6) is 5.75 Å². The second kappa shape index (κ2) is 5.59. The molecule has 7 nitrogen and oxygen atoms in total. The van der Waals surface area contributed by atoms with E-state index in [1.807, 2.05) is 19.1 Å². The lowest BCUT2D eigenvalue weighted by atomic mass is 9.81. The summed E-state index contributed by atoms with van der Waals surface area (Å²) < 4.78 is 11.0. The number of hydrogen-bond acceptors (Lipinski definition) is 5. The van der Waals surface area contributed by atoms with Crippen LogP contribution in [0.4, 0.5) is 0 Å². The fourth-order valence-corrected chi connectivity index (χ4v) is 3.76. The van der Waals surface area contributed by atoms with Gasteiger partial charge in [-0.15, -0.1) is 0 Å². The average Bonchev–Trinajstić information content (AvgIpc) is 3.24. The van der Waals surface area contributed by atoms with Crippen molar-refractivity contribution in [2.75, 3.05) is 6.61 Å². The molecule has 0 radical (unpaired) electrons. The number of carbonyl (C=O) groups is 3. The maximum Gasteiger partial charge on any atom is 0.276 e. The van der Waals surface area contributed by atoms with E-state index in [4.69, 9.17) is 9.47 Å². The predicted octanol–water partition coefficient (Wildman–Crippen LogP) is 0.567. The summed E-state index contributed by atoms with van der Waals surface area (Å²) in [6.07, 6.45) is 1.20. The minimum Gasteiger partial charge on any atom is -0.484 e. The van der Waals surface area contributed by atoms with Crippen LogP contribution < -0.4 is 10.2 Å². The molecule has 0 aromatic heterocycles. The zero-order chi connectivity index (χ0) is 16.8. The number of nitrogens with zero attached hydrogens (tertiary/aromatic N) is 1. The molecule has 4 rings (SSSR count). The monoisotopic (exact) mass is 330 g/mol. The number of imide groups is 1. The summed E-state index contributed by atoms with van der Waals surface area (Å²) in [6.45, 7) is 1.69. The van der Waals surface area contributed by atoms with E-state index >= 15 is 0 Å². The van der Waals surface area contributed by atoms with Gasteiger partial charge in [0.2, 0.25) is 0 Å². The summed E-state index contributed by atoms with van der Waals surface area (Å²) in [6, 6.07) is 7.26. The summed E-state index contributed by atoms with van der Waals surface area (Å²) in [5, 5.41) is 0.851. The molecule has 2 bridgehead atoms. The summed E-state index contributed by atoms with van der Waals surface area (Å²) in [7, 11) is 0. The molecule has 3 aliphatic rings. The zero-order valence-corrected chi connectivity index (χ0v) is 13.2. The molecular weight excluding hydrogens is 312 g/mol. The van der Waals surface area contributed by atoms with E-state index in [1.165, 1.54) is 0 Å². The molecule has 0 spiro atoms. The summed E-state index contributed by atoms with van der Waals surface area (Å²) in [5.41, 5.74) is 3.46. The number of amides is 3. The Hall–Kier alpha value is -2.41. The van der Waals surface area contributed by atoms with Crippen molar-refractivity contribution in [3.05, 3.63) is 29.8 Å². The number of benzene rings is 1. The van der Waals surface area contributed by atoms with Crippen LogP contribution in [0.25, 0.3) is 0 Å². The third-order valence-corrected chi connectivity index (χ3v) is 4.91. The summed E-state index contributed by atoms with van der Waals surface area (Å²) in [4.78, 5) is 36.8. The summed E-state index contributed by atoms with van der Waals surface area (Å²) in [5.74, 6) is -1.63. The Morgan fingerprint density at radius 3 is 2.33 bits per heavy atom. The van der Waals surface area contributed by atoms with Gasteiger partial charge >= 0.3 is 0 Å². The second-order valence-electron chi connectivity index (χ2n) is 6.49. The Morgan fingerprint density at radius 2 is 1.75 bits per heavy atom. The maximum absolute atomic E-state index is 12.4. The van der Waals surface area contributed by atoms with Gasteiger partial charge in [0.05, 0.1) is 24.0 Å². The highest BCUT2D eigenvalue weighted by Gasteiger charge is 2.62. The van der Waals surface area contributed by atoms with Crippen LogP contribution in [0.2, 0.25) is 0 Å². The van der Waals surface area contributed by atoms with Gasteiger partial charge in [0.25, 0.3) is 17.7 Å². The van der Waals surface area contributed by atoms with E-state index in [1.54, 1.807) is 12.1 Å². The van der Waals surface area contributed by atoms with Gasteiger partial charge in [-0.05, 0) is 31.9 Å². The molecule has 3 saturated heterocycles. The van der Waals surface area contributed by atoms with Crippen molar-refractivity contribution in [1.29, 1.82) is 0 Å². The largest absolute Gasteiger partial charge is 0.484 e. The number of carbonyl (C=O) groups excluding carboxylic acids is 3. The van der Waals surface area contributed by atoms with Crippen LogP contribution in [0.15, 0.2) is 24.3 Å². The fourth-order valence-electron chi connectivity index (χ4n) is 3.76. The van der Waals surface area contributed by atoms with Gasteiger partial charge in [0, 0.05) is 0 Å². The Morgan fingerprint density at radius 1 is 1.17 bits per heavy atom. The highest BCUT2D eigenvalue weighted by atomic mass is 16.5. The number of aryl methyl sites for hydroxylation is 1. The molecular formula is C17H18N2O5. The molecule has 3 amide bonds. The van der Waals surface area contributed by atoms with Gasteiger partial charge in [-0.25, -0.2) is 0 Å². The third-order valence-electron chi connectivity index (χ3n) is 4.91. The molecule has 3 heterocycles. The van der Waals surface area contributed by atoms with Crippen LogP contribution in [0, 0.1) is 18.8 Å². The Kier molecular flexibility index (Phi) is 3.53. The van der Waals surface area contributed by atoms with E-state index in [-0.39, 0.29) is 30.6 Å². The first-order valence-corrected chi connectivity index (χ1v) is 8.07. The van der Waals surface area contributed by atoms with E-state index < -0.39 is 17.7 Å². The third kappa shape index (κ3) is 2.36. The van der Waals surface area contributed by atoms with E-state index in [0.29, 0.717) is 5.75 Å². The molecule has 0 unspecified atom stereocenters. The molecule has 1 aromatic carbocycles. The molecule has 126 valence electrons. The molecule has 4 atom stereocenters. The second-order valence-corrected chi connectivity index (χ2v) is 6.49. The minimum absolute atomic E-state index is 0.192. The highest BCUT2D eigenvalue weighted by molar-refractivity contribution is 6.07. The maximum atomic E-state index is 12.4. The molecule has 7 heteroatoms. The van der Waals surface area contributed by atoms with Crippen molar-refractivity contribution in [2.24, 2.45) is 11.8 Å². The number of rotatable bonds is 4. The van der Waals surface area contributed by atoms with Gasteiger partial charge in [-0.2, -0.15) is 5.01 Å². The molecule has 3 aliphatic heterocycles. The van der Waals surface area contributed by atoms with Crippen LogP contribution >= 0.6 is 0 Å². The lowest BCUT2D eigenvalue weighted by molar-refractivity contribution is -0.151. The predicted molar refractivity (Wildman–Crippen MR) is 81.5 cm³/mol. The number of hydrogen-bond donors (Lipinski definition) is 1. The van der Waals surface area contributed by atoms with Crippen LogP contribution in [0.1, 0.15) is 18.4 Å². The minimum atomic E-state index is -0.537. The van der Waals surface area contributed by atoms with Gasteiger partial charge in [0.1, 0.15) is 5.75 Å². The quantitative estimate of drug-likeness (QED) is 0.816. The lowest BCUT2D eigenvalue weighted by Gasteiger charge is -2.18. The highest BCUT2D eigenvalue weighted by Crippen LogP contribution is 2.47. The standard InChI is InChI=1S/C17H18N2O5/c1-9-2-4-10(5-3-9)23-8-13(20)18-19-16(21)14-11-6-7-12(24-11)15(14)17(19)22/h2-5,11-12,14-15H,6-8H2,1H3,(H,18,20)/t11-,12-,14-,15-/m1/s1. The molecule has 1 N–H and O–H groups in total. The van der Waals surface area contributed by atoms with Crippen molar-refractivity contribution in [3.8, 4) is 5.75 Å². The van der Waals surface area contributed by atoms with Crippen LogP contribution in [-0.2, 0) is 19.1 Å². The Balaban J connectivity index is 1.37. The first-order valence-electron chi connectivity index (χ1n) is 8.07. The number of fused-ring (bicyclic) bond motifs is 5. The van der Waals surface area contributed by atoms with Crippen LogP contribution in [-0.4, -0.2) is 41.5 Å². The lowest BCUT2D eigenvalue weighted by Crippen LogP contribution is -2.49. The van der Waals surface area contributed by atoms with Crippen molar-refractivity contribution in [1.82, 2.24) is 10.4 Å². The molecule has 0 aliphatic carbocycles. The fraction of sp³-hybridized carbons (Fsp3) is 0.471. The summed E-state index contributed by atoms with van der Waals surface area (Å²) >= 11 is 0. The van der Waals surface area contributed by atoms with E-state index in [2.05, 4.69) is 5.43 Å². The van der Waals surface area contributed by atoms with E-state index in [0.717, 1.165) is 23.4 Å². The van der Waals surface area contributed by atoms with Gasteiger partial charge in [0.15, 0.2) is 6.61 Å². The average molecular weight is 330 g/mol. The van der Waals surface area contributed by atoms with Crippen molar-refractivity contribution in [3.63, 3.8) is 0 Å². The van der Waals surface area contributed by atoms with Crippen molar-refractivity contribution >= 4 is 17.7 Å². The van der Waals surface area contributed by atoms with E-state index in [9.17, 15) is 14.4 Å². The van der Waals surface area contributed by atoms with Crippen molar-refractivity contribution < 1.29 is 23.9 Å². The number of hydrazine groups is 1. The molecule has 24 heavy (non-hydrogen) atoms. The smallest absolute Gasteiger partial charge is 0.276 e. The van der Waals surface area contributed by atoms with Gasteiger partial charge in [-0.1, -0.05) is 17.7 Å². The first-order chi connectivity index (χ1) is 11.5. The topological polar surface area (TPSA) is 84.9 Å². The number of ether oxygens (including phenoxy) is 2. The van der Waals surface area contributed by atoms with Crippen molar-refractivity contribution in [2.45, 2.75) is 32.0 Å². The molecule has 1 aromatic rings. The van der Waals surface area contributed by atoms with Crippen LogP contribution in [0.3, 0.4) is 0 Å². The van der Waals surface area contributed by atoms with Gasteiger partial charge < -0.3 is 9.47 Å². The molecule has 3 fully saturated rings. The zero-order valence-electron chi connectivity index (χ0n) is 13.2. The molecule has 0 saturated carbocycles. The normalized spacial score (nSPS) is 30.6.